The van der Waals surface area contributed by atoms with Crippen LogP contribution in [0, 0.1) is 0 Å². The Bertz CT molecular complexity index is 3230. The first-order chi connectivity index (χ1) is 27.8. The fourth-order valence-electron chi connectivity index (χ4n) is 11.2. The average Bonchev–Trinajstić information content (AvgIpc) is 3.26. The third-order valence-corrected chi connectivity index (χ3v) is 13.0. The second-order valence-electron chi connectivity index (χ2n) is 15.4. The summed E-state index contributed by atoms with van der Waals surface area (Å²) in [5.74, 6) is 3.49. The van der Waals surface area contributed by atoms with Crippen molar-refractivity contribution in [1.29, 1.82) is 0 Å². The number of fused-ring (bicyclic) bond motifs is 15. The van der Waals surface area contributed by atoms with Gasteiger partial charge in [-0.3, -0.25) is 0 Å². The van der Waals surface area contributed by atoms with Gasteiger partial charge in [0.2, 0.25) is 0 Å². The van der Waals surface area contributed by atoms with Gasteiger partial charge in [0.1, 0.15) is 23.0 Å². The van der Waals surface area contributed by atoms with Gasteiger partial charge in [-0.25, -0.2) is 0 Å². The Morgan fingerprint density at radius 3 is 1.25 bits per heavy atom. The summed E-state index contributed by atoms with van der Waals surface area (Å²) in [5.41, 5.74) is 8.03. The van der Waals surface area contributed by atoms with Gasteiger partial charge in [-0.1, -0.05) is 164 Å². The van der Waals surface area contributed by atoms with E-state index in [1.807, 2.05) is 0 Å². The van der Waals surface area contributed by atoms with Crippen LogP contribution in [0.25, 0.3) is 54.2 Å². The lowest BCUT2D eigenvalue weighted by molar-refractivity contribution is 0.322. The van der Waals surface area contributed by atoms with Gasteiger partial charge in [-0.05, 0) is 95.7 Å². The van der Waals surface area contributed by atoms with E-state index in [4.69, 9.17) is 9.47 Å². The van der Waals surface area contributed by atoms with E-state index in [0.29, 0.717) is 0 Å². The Hall–Kier alpha value is -7.16. The molecule has 0 amide bonds. The van der Waals surface area contributed by atoms with Gasteiger partial charge in [0, 0.05) is 22.3 Å². The molecule has 56 heavy (non-hydrogen) atoms. The highest BCUT2D eigenvalue weighted by Crippen LogP contribution is 2.72. The van der Waals surface area contributed by atoms with Crippen molar-refractivity contribution < 1.29 is 9.47 Å². The van der Waals surface area contributed by atoms with Crippen LogP contribution in [-0.2, 0) is 10.8 Å². The van der Waals surface area contributed by atoms with Crippen LogP contribution >= 0.6 is 0 Å². The molecule has 0 bridgehead atoms. The Kier molecular flexibility index (Phi) is 5.79. The first kappa shape index (κ1) is 30.2. The SMILES string of the molecule is c1ccc(-c2c3ccccc3cc3c4cccc5c4c4c(cccc4c23)C2(c3ccccc3Oc3ccccc32)C52c3ccccc3Oc3ccccc32)cc1. The molecule has 0 saturated heterocycles. The smallest absolute Gasteiger partial charge is 0.131 e. The molecule has 0 atom stereocenters. The number of ether oxygens (including phenoxy) is 2. The minimum atomic E-state index is -0.785. The van der Waals surface area contributed by atoms with E-state index in [-0.39, 0.29) is 0 Å². The molecule has 260 valence electrons. The zero-order valence-electron chi connectivity index (χ0n) is 30.3. The van der Waals surface area contributed by atoms with E-state index in [2.05, 4.69) is 194 Å². The average molecular weight is 713 g/mol. The second-order valence-corrected chi connectivity index (χ2v) is 15.4. The summed E-state index contributed by atoms with van der Waals surface area (Å²) in [6.45, 7) is 0. The fourth-order valence-corrected chi connectivity index (χ4v) is 11.2. The van der Waals surface area contributed by atoms with E-state index >= 15 is 0 Å². The highest BCUT2D eigenvalue weighted by Gasteiger charge is 2.66. The maximum Gasteiger partial charge on any atom is 0.131 e. The summed E-state index contributed by atoms with van der Waals surface area (Å²) in [7, 11) is 0. The maximum absolute atomic E-state index is 6.94. The number of hydrogen-bond acceptors (Lipinski definition) is 2. The molecule has 13 rings (SSSR count). The first-order valence-electron chi connectivity index (χ1n) is 19.4. The van der Waals surface area contributed by atoms with Gasteiger partial charge >= 0.3 is 0 Å². The van der Waals surface area contributed by atoms with Crippen molar-refractivity contribution in [3.63, 3.8) is 0 Å². The van der Waals surface area contributed by atoms with Gasteiger partial charge in [-0.15, -0.1) is 0 Å². The third kappa shape index (κ3) is 3.45. The molecule has 1 aliphatic carbocycles. The Balaban J connectivity index is 1.38. The molecule has 2 heteroatoms. The second kappa shape index (κ2) is 10.7. The highest BCUT2D eigenvalue weighted by atomic mass is 16.5. The Morgan fingerprint density at radius 1 is 0.286 bits per heavy atom. The number of rotatable bonds is 1. The van der Waals surface area contributed by atoms with Crippen LogP contribution in [0.2, 0.25) is 0 Å². The molecular formula is C54H32O2. The predicted octanol–water partition coefficient (Wildman–Crippen LogP) is 13.9. The molecule has 0 unspecified atom stereocenters. The lowest BCUT2D eigenvalue weighted by atomic mass is 9.43. The zero-order valence-corrected chi connectivity index (χ0v) is 30.3. The summed E-state index contributed by atoms with van der Waals surface area (Å²) in [6, 6.07) is 71.3. The third-order valence-electron chi connectivity index (χ3n) is 13.0. The Morgan fingerprint density at radius 2 is 0.696 bits per heavy atom. The van der Waals surface area contributed by atoms with Crippen molar-refractivity contribution in [2.24, 2.45) is 0 Å². The molecule has 0 N–H and O–H groups in total. The lowest BCUT2D eigenvalue weighted by Crippen LogP contribution is -2.56. The molecule has 10 aromatic carbocycles. The number of hydrogen-bond donors (Lipinski definition) is 0. The lowest BCUT2D eigenvalue weighted by Gasteiger charge is -2.58. The summed E-state index contributed by atoms with van der Waals surface area (Å²) in [4.78, 5) is 0. The molecular weight excluding hydrogens is 681 g/mol. The largest absolute Gasteiger partial charge is 0.457 e. The van der Waals surface area contributed by atoms with Crippen LogP contribution < -0.4 is 9.47 Å². The molecule has 3 aliphatic rings. The molecule has 2 nitrogen and oxygen atoms in total. The van der Waals surface area contributed by atoms with Crippen LogP contribution in [-0.4, -0.2) is 0 Å². The molecule has 0 radical (unpaired) electrons. The van der Waals surface area contributed by atoms with Crippen molar-refractivity contribution in [3.05, 3.63) is 228 Å². The fraction of sp³-hybridized carbons (Fsp3) is 0.0370. The van der Waals surface area contributed by atoms with E-state index in [0.717, 1.165) is 45.3 Å². The molecule has 2 aliphatic heterocycles. The van der Waals surface area contributed by atoms with Crippen LogP contribution in [0.1, 0.15) is 33.4 Å². The van der Waals surface area contributed by atoms with Crippen LogP contribution in [0.15, 0.2) is 194 Å². The van der Waals surface area contributed by atoms with E-state index in [1.54, 1.807) is 0 Å². The van der Waals surface area contributed by atoms with E-state index in [1.165, 1.54) is 65.3 Å². The topological polar surface area (TPSA) is 18.5 Å². The molecule has 0 saturated carbocycles. The van der Waals surface area contributed by atoms with Crippen molar-refractivity contribution in [2.45, 2.75) is 10.8 Å². The van der Waals surface area contributed by atoms with Crippen molar-refractivity contribution in [1.82, 2.24) is 0 Å². The molecule has 0 aromatic heterocycles. The van der Waals surface area contributed by atoms with Gasteiger partial charge in [-0.2, -0.15) is 0 Å². The van der Waals surface area contributed by atoms with Gasteiger partial charge in [0.25, 0.3) is 0 Å². The van der Waals surface area contributed by atoms with Crippen molar-refractivity contribution in [2.75, 3.05) is 0 Å². The zero-order chi connectivity index (χ0) is 36.6. The summed E-state index contributed by atoms with van der Waals surface area (Å²) in [6.07, 6.45) is 0. The van der Waals surface area contributed by atoms with Crippen LogP contribution in [0.4, 0.5) is 0 Å². The predicted molar refractivity (Wildman–Crippen MR) is 228 cm³/mol. The minimum absolute atomic E-state index is 0.776. The Labute approximate surface area is 323 Å². The standard InChI is InChI=1S/C54H32O2/c1-2-16-33(17-3-1)49-35-19-5-4-18-34(35)32-38-36-20-14-26-43-51(36)52-37(50(38)49)21-15-27-44(52)54(41-24-8-12-30-47(41)56-48-31-13-9-25-42(48)54)53(43)39-22-6-10-28-45(39)55-46-29-11-7-23-40(46)53/h1-32H. The van der Waals surface area contributed by atoms with Crippen LogP contribution in [0.3, 0.4) is 0 Å². The molecule has 0 fully saturated rings. The van der Waals surface area contributed by atoms with Crippen molar-refractivity contribution >= 4 is 43.1 Å². The van der Waals surface area contributed by atoms with Gasteiger partial charge in [0.05, 0.1) is 10.8 Å². The molecule has 10 aromatic rings. The number of para-hydroxylation sites is 4. The summed E-state index contributed by atoms with van der Waals surface area (Å²) >= 11 is 0. The molecule has 2 spiro atoms. The van der Waals surface area contributed by atoms with E-state index in [9.17, 15) is 0 Å². The first-order valence-corrected chi connectivity index (χ1v) is 19.4. The van der Waals surface area contributed by atoms with Crippen molar-refractivity contribution in [3.8, 4) is 34.1 Å². The van der Waals surface area contributed by atoms with E-state index < -0.39 is 10.8 Å². The monoisotopic (exact) mass is 712 g/mol. The quantitative estimate of drug-likeness (QED) is 0.125. The normalized spacial score (nSPS) is 15.0. The van der Waals surface area contributed by atoms with Crippen LogP contribution in [0.5, 0.6) is 23.0 Å². The highest BCUT2D eigenvalue weighted by molar-refractivity contribution is 6.34. The van der Waals surface area contributed by atoms with Gasteiger partial charge < -0.3 is 9.47 Å². The number of benzene rings is 10. The maximum atomic E-state index is 6.94. The minimum Gasteiger partial charge on any atom is -0.457 e. The summed E-state index contributed by atoms with van der Waals surface area (Å²) in [5, 5.41) is 10.1. The molecule has 2 heterocycles. The van der Waals surface area contributed by atoms with Gasteiger partial charge in [0.15, 0.2) is 0 Å². The summed E-state index contributed by atoms with van der Waals surface area (Å²) < 4.78 is 13.9.